The van der Waals surface area contributed by atoms with Crippen molar-refractivity contribution in [1.82, 2.24) is 9.62 Å². The minimum absolute atomic E-state index is 0.144. The Morgan fingerprint density at radius 1 is 1.00 bits per heavy atom. The molecule has 2 aromatic rings. The molecule has 0 saturated carbocycles. The average molecular weight is 463 g/mol. The van der Waals surface area contributed by atoms with Gasteiger partial charge in [-0.2, -0.15) is 0 Å². The van der Waals surface area contributed by atoms with Crippen molar-refractivity contribution in [2.75, 3.05) is 19.6 Å². The normalized spacial score (nSPS) is 16.9. The summed E-state index contributed by atoms with van der Waals surface area (Å²) in [6.07, 6.45) is -1.57. The number of nitrogens with one attached hydrogen (secondary N) is 1. The lowest BCUT2D eigenvalue weighted by molar-refractivity contribution is -0.274. The summed E-state index contributed by atoms with van der Waals surface area (Å²) in [7, 11) is -3.98. The number of ether oxygens (including phenoxy) is 1. The van der Waals surface area contributed by atoms with E-state index in [1.54, 1.807) is 24.3 Å². The molecule has 0 radical (unpaired) electrons. The van der Waals surface area contributed by atoms with E-state index in [-0.39, 0.29) is 4.90 Å². The van der Waals surface area contributed by atoms with Crippen molar-refractivity contribution in [2.24, 2.45) is 0 Å². The zero-order valence-electron chi connectivity index (χ0n) is 16.0. The molecule has 0 bridgehead atoms. The topological polar surface area (TPSA) is 58.6 Å². The fourth-order valence-corrected chi connectivity index (χ4v) is 4.72. The fourth-order valence-electron chi connectivity index (χ4n) is 3.38. The molecule has 0 spiro atoms. The van der Waals surface area contributed by atoms with E-state index in [1.807, 2.05) is 0 Å². The van der Waals surface area contributed by atoms with E-state index >= 15 is 0 Å². The molecule has 3 rings (SSSR count). The van der Waals surface area contributed by atoms with Crippen LogP contribution in [0.25, 0.3) is 0 Å². The molecule has 2 aromatic carbocycles. The van der Waals surface area contributed by atoms with E-state index in [2.05, 4.69) is 14.4 Å². The van der Waals surface area contributed by atoms with E-state index in [9.17, 15) is 21.6 Å². The Morgan fingerprint density at radius 2 is 1.60 bits per heavy atom. The maximum Gasteiger partial charge on any atom is 0.573 e. The summed E-state index contributed by atoms with van der Waals surface area (Å²) < 4.78 is 69.2. The highest BCUT2D eigenvalue weighted by atomic mass is 35.5. The molecule has 1 unspecified atom stereocenters. The van der Waals surface area contributed by atoms with Gasteiger partial charge >= 0.3 is 6.36 Å². The summed E-state index contributed by atoms with van der Waals surface area (Å²) in [5.74, 6) is -0.482. The zero-order chi connectivity index (χ0) is 21.8. The number of benzene rings is 2. The molecule has 1 fully saturated rings. The molecule has 1 N–H and O–H groups in total. The quantitative estimate of drug-likeness (QED) is 0.645. The van der Waals surface area contributed by atoms with Crippen LogP contribution in [-0.2, 0) is 10.0 Å². The van der Waals surface area contributed by atoms with Gasteiger partial charge in [0.1, 0.15) is 5.75 Å². The number of likely N-dealkylation sites (tertiary alicyclic amines) is 1. The lowest BCUT2D eigenvalue weighted by Crippen LogP contribution is -2.40. The lowest BCUT2D eigenvalue weighted by Gasteiger charge is -2.31. The van der Waals surface area contributed by atoms with Crippen LogP contribution in [0.4, 0.5) is 13.2 Å². The molecule has 30 heavy (non-hydrogen) atoms. The van der Waals surface area contributed by atoms with E-state index in [0.717, 1.165) is 62.2 Å². The van der Waals surface area contributed by atoms with Gasteiger partial charge in [0.05, 0.1) is 10.9 Å². The second-order valence-electron chi connectivity index (χ2n) is 7.11. The number of piperidine rings is 1. The molecule has 1 aliphatic rings. The first-order valence-corrected chi connectivity index (χ1v) is 11.3. The van der Waals surface area contributed by atoms with Gasteiger partial charge in [0.25, 0.3) is 0 Å². The van der Waals surface area contributed by atoms with E-state index < -0.39 is 28.2 Å². The largest absolute Gasteiger partial charge is 0.573 e. The number of alkyl halides is 3. The van der Waals surface area contributed by atoms with E-state index in [0.29, 0.717) is 11.6 Å². The molecule has 0 amide bonds. The summed E-state index contributed by atoms with van der Waals surface area (Å²) in [5.41, 5.74) is 0.755. The van der Waals surface area contributed by atoms with Crippen LogP contribution in [0.1, 0.15) is 30.9 Å². The number of hydrogen-bond donors (Lipinski definition) is 1. The predicted molar refractivity (Wildman–Crippen MR) is 108 cm³/mol. The van der Waals surface area contributed by atoms with Crippen LogP contribution in [0.5, 0.6) is 5.75 Å². The number of nitrogens with zero attached hydrogens (tertiary/aromatic N) is 1. The minimum atomic E-state index is -4.84. The predicted octanol–water partition coefficient (Wildman–Crippen LogP) is 4.74. The monoisotopic (exact) mass is 462 g/mol. The third kappa shape index (κ3) is 6.60. The lowest BCUT2D eigenvalue weighted by atomic mass is 10.1. The highest BCUT2D eigenvalue weighted by Crippen LogP contribution is 2.26. The van der Waals surface area contributed by atoms with E-state index in [1.165, 1.54) is 0 Å². The van der Waals surface area contributed by atoms with Crippen molar-refractivity contribution in [2.45, 2.75) is 36.6 Å². The zero-order valence-corrected chi connectivity index (χ0v) is 17.6. The highest BCUT2D eigenvalue weighted by Gasteiger charge is 2.31. The van der Waals surface area contributed by atoms with Crippen molar-refractivity contribution in [3.8, 4) is 5.75 Å². The second kappa shape index (κ2) is 9.55. The van der Waals surface area contributed by atoms with Crippen LogP contribution in [0, 0.1) is 0 Å². The Bertz CT molecular complexity index is 929. The third-order valence-corrected chi connectivity index (χ3v) is 6.57. The summed E-state index contributed by atoms with van der Waals surface area (Å²) in [5, 5.41) is 0.540. The molecule has 1 saturated heterocycles. The maximum absolute atomic E-state index is 12.9. The molecule has 1 heterocycles. The van der Waals surface area contributed by atoms with Crippen molar-refractivity contribution in [1.29, 1.82) is 0 Å². The van der Waals surface area contributed by atoms with Gasteiger partial charge < -0.3 is 9.64 Å². The number of rotatable bonds is 7. The maximum atomic E-state index is 12.9. The van der Waals surface area contributed by atoms with Crippen LogP contribution in [0.2, 0.25) is 5.02 Å². The van der Waals surface area contributed by atoms with Gasteiger partial charge in [0.15, 0.2) is 0 Å². The molecule has 10 heteroatoms. The molecule has 5 nitrogen and oxygen atoms in total. The highest BCUT2D eigenvalue weighted by molar-refractivity contribution is 7.89. The number of hydrogen-bond acceptors (Lipinski definition) is 4. The van der Waals surface area contributed by atoms with Crippen LogP contribution in [-0.4, -0.2) is 39.3 Å². The van der Waals surface area contributed by atoms with Gasteiger partial charge in [-0.3, -0.25) is 0 Å². The summed E-state index contributed by atoms with van der Waals surface area (Å²) >= 11 is 5.96. The molecular weight excluding hydrogens is 441 g/mol. The van der Waals surface area contributed by atoms with Gasteiger partial charge in [-0.15, -0.1) is 13.2 Å². The smallest absolute Gasteiger partial charge is 0.406 e. The SMILES string of the molecule is O=S(=O)(NC(CN1CCCCC1)c1ccc(Cl)cc1)c1ccc(OC(F)(F)F)cc1. The van der Waals surface area contributed by atoms with Gasteiger partial charge in [0.2, 0.25) is 10.0 Å². The Morgan fingerprint density at radius 3 is 2.17 bits per heavy atom. The summed E-state index contributed by atoms with van der Waals surface area (Å²) in [4.78, 5) is 2.06. The first-order valence-electron chi connectivity index (χ1n) is 9.48. The first kappa shape index (κ1) is 22.9. The molecular formula is C20H22ClF3N2O3S. The molecule has 1 atom stereocenters. The second-order valence-corrected chi connectivity index (χ2v) is 9.26. The minimum Gasteiger partial charge on any atom is -0.406 e. The first-order chi connectivity index (χ1) is 14.1. The van der Waals surface area contributed by atoms with Gasteiger partial charge in [-0.05, 0) is 67.9 Å². The van der Waals surface area contributed by atoms with Crippen molar-refractivity contribution in [3.63, 3.8) is 0 Å². The van der Waals surface area contributed by atoms with Crippen molar-refractivity contribution >= 4 is 21.6 Å². The summed E-state index contributed by atoms with van der Waals surface area (Å²) in [6.45, 7) is 2.25. The Labute approximate surface area is 178 Å². The molecule has 1 aliphatic heterocycles. The average Bonchev–Trinajstić information content (AvgIpc) is 2.68. The molecule has 0 aliphatic carbocycles. The van der Waals surface area contributed by atoms with E-state index in [4.69, 9.17) is 11.6 Å². The Balaban J connectivity index is 1.80. The van der Waals surface area contributed by atoms with Gasteiger partial charge in [-0.25, -0.2) is 13.1 Å². The Kier molecular flexibility index (Phi) is 7.28. The standard InChI is InChI=1S/C20H22ClF3N2O3S/c21-16-6-4-15(5-7-16)19(14-26-12-2-1-3-13-26)25-30(27,28)18-10-8-17(9-11-18)29-20(22,23)24/h4-11,19,25H,1-3,12-14H2. The van der Waals surface area contributed by atoms with Crippen LogP contribution < -0.4 is 9.46 Å². The number of sulfonamides is 1. The molecule has 0 aromatic heterocycles. The fraction of sp³-hybridized carbons (Fsp3) is 0.400. The van der Waals surface area contributed by atoms with Crippen LogP contribution >= 0.6 is 11.6 Å². The number of halogens is 4. The third-order valence-electron chi connectivity index (χ3n) is 4.83. The Hall–Kier alpha value is -1.81. The van der Waals surface area contributed by atoms with Gasteiger partial charge in [-0.1, -0.05) is 30.2 Å². The van der Waals surface area contributed by atoms with Gasteiger partial charge in [0, 0.05) is 11.6 Å². The summed E-state index contributed by atoms with van der Waals surface area (Å²) in [6, 6.07) is 10.5. The van der Waals surface area contributed by atoms with Crippen LogP contribution in [0.3, 0.4) is 0 Å². The van der Waals surface area contributed by atoms with Crippen molar-refractivity contribution < 1.29 is 26.3 Å². The molecule has 164 valence electrons. The van der Waals surface area contributed by atoms with Crippen LogP contribution in [0.15, 0.2) is 53.4 Å². The van der Waals surface area contributed by atoms with Crippen molar-refractivity contribution in [3.05, 3.63) is 59.1 Å².